The molecule has 2 fully saturated rings. The molecular formula is C21H34N4O. The van der Waals surface area contributed by atoms with Crippen LogP contribution in [0.1, 0.15) is 49.8 Å². The SMILES string of the molecule is CN=C(NCC1(N2CCCC2)CCOCC1)NC(C)c1ccccc1C. The lowest BCUT2D eigenvalue weighted by Gasteiger charge is -2.45. The van der Waals surface area contributed by atoms with E-state index in [1.165, 1.54) is 37.1 Å². The van der Waals surface area contributed by atoms with Crippen LogP contribution < -0.4 is 10.6 Å². The molecule has 2 aliphatic heterocycles. The third-order valence-electron chi connectivity index (χ3n) is 6.02. The van der Waals surface area contributed by atoms with Gasteiger partial charge in [-0.25, -0.2) is 0 Å². The quantitative estimate of drug-likeness (QED) is 0.628. The topological polar surface area (TPSA) is 48.9 Å². The van der Waals surface area contributed by atoms with Gasteiger partial charge < -0.3 is 15.4 Å². The molecule has 2 saturated heterocycles. The first-order chi connectivity index (χ1) is 12.6. The molecule has 2 N–H and O–H groups in total. The van der Waals surface area contributed by atoms with Crippen LogP contribution in [0, 0.1) is 6.92 Å². The number of rotatable bonds is 5. The first kappa shape index (κ1) is 19.2. The second-order valence-corrected chi connectivity index (χ2v) is 7.68. The molecule has 2 heterocycles. The van der Waals surface area contributed by atoms with E-state index in [9.17, 15) is 0 Å². The fourth-order valence-electron chi connectivity index (χ4n) is 4.35. The lowest BCUT2D eigenvalue weighted by atomic mass is 9.88. The van der Waals surface area contributed by atoms with Gasteiger partial charge in [0.05, 0.1) is 6.04 Å². The number of nitrogens with zero attached hydrogens (tertiary/aromatic N) is 2. The van der Waals surface area contributed by atoms with E-state index in [1.807, 2.05) is 7.05 Å². The number of hydrogen-bond donors (Lipinski definition) is 2. The minimum atomic E-state index is 0.207. The molecule has 3 rings (SSSR count). The standard InChI is InChI=1S/C21H34N4O/c1-17-8-4-5-9-19(17)18(2)24-20(22-3)23-16-21(10-14-26-15-11-21)25-12-6-7-13-25/h4-5,8-9,18H,6-7,10-16H2,1-3H3,(H2,22,23,24). The minimum Gasteiger partial charge on any atom is -0.381 e. The molecule has 0 aliphatic carbocycles. The second-order valence-electron chi connectivity index (χ2n) is 7.68. The van der Waals surface area contributed by atoms with Crippen LogP contribution >= 0.6 is 0 Å². The molecule has 1 unspecified atom stereocenters. The smallest absolute Gasteiger partial charge is 0.191 e. The van der Waals surface area contributed by atoms with Gasteiger partial charge in [0.2, 0.25) is 0 Å². The molecule has 1 aromatic carbocycles. The van der Waals surface area contributed by atoms with Crippen LogP contribution in [0.15, 0.2) is 29.3 Å². The van der Waals surface area contributed by atoms with E-state index in [0.717, 1.165) is 38.6 Å². The molecule has 0 bridgehead atoms. The number of hydrogen-bond acceptors (Lipinski definition) is 3. The fourth-order valence-corrected chi connectivity index (χ4v) is 4.35. The molecule has 0 aromatic heterocycles. The van der Waals surface area contributed by atoms with Crippen LogP contribution in [0.3, 0.4) is 0 Å². The molecule has 26 heavy (non-hydrogen) atoms. The molecule has 0 saturated carbocycles. The summed E-state index contributed by atoms with van der Waals surface area (Å²) in [5, 5.41) is 7.18. The van der Waals surface area contributed by atoms with Crippen molar-refractivity contribution in [2.45, 2.75) is 51.1 Å². The highest BCUT2D eigenvalue weighted by molar-refractivity contribution is 5.80. The Bertz CT molecular complexity index is 604. The molecule has 0 radical (unpaired) electrons. The fraction of sp³-hybridized carbons (Fsp3) is 0.667. The summed E-state index contributed by atoms with van der Waals surface area (Å²) < 4.78 is 5.65. The Morgan fingerprint density at radius 1 is 1.23 bits per heavy atom. The third kappa shape index (κ3) is 4.38. The molecule has 2 aliphatic rings. The summed E-state index contributed by atoms with van der Waals surface area (Å²) in [6.07, 6.45) is 4.84. The zero-order valence-electron chi connectivity index (χ0n) is 16.6. The van der Waals surface area contributed by atoms with Crippen LogP contribution in [0.5, 0.6) is 0 Å². The van der Waals surface area contributed by atoms with Crippen molar-refractivity contribution in [1.29, 1.82) is 0 Å². The maximum absolute atomic E-state index is 5.65. The lowest BCUT2D eigenvalue weighted by Crippen LogP contribution is -2.58. The Balaban J connectivity index is 1.63. The van der Waals surface area contributed by atoms with Crippen LogP contribution in [0.4, 0.5) is 0 Å². The normalized spacial score (nSPS) is 22.2. The van der Waals surface area contributed by atoms with Crippen molar-refractivity contribution in [3.8, 4) is 0 Å². The van der Waals surface area contributed by atoms with Gasteiger partial charge in [-0.05, 0) is 63.7 Å². The number of nitrogens with one attached hydrogen (secondary N) is 2. The van der Waals surface area contributed by atoms with Gasteiger partial charge in [-0.3, -0.25) is 9.89 Å². The largest absolute Gasteiger partial charge is 0.381 e. The third-order valence-corrected chi connectivity index (χ3v) is 6.02. The van der Waals surface area contributed by atoms with Crippen molar-refractivity contribution in [3.05, 3.63) is 35.4 Å². The van der Waals surface area contributed by atoms with E-state index >= 15 is 0 Å². The van der Waals surface area contributed by atoms with Gasteiger partial charge in [0, 0.05) is 32.3 Å². The van der Waals surface area contributed by atoms with Gasteiger partial charge in [0.1, 0.15) is 0 Å². The molecule has 1 aromatic rings. The Labute approximate surface area is 158 Å². The van der Waals surface area contributed by atoms with Gasteiger partial charge in [0.15, 0.2) is 5.96 Å². The zero-order valence-corrected chi connectivity index (χ0v) is 16.6. The van der Waals surface area contributed by atoms with Crippen molar-refractivity contribution in [1.82, 2.24) is 15.5 Å². The van der Waals surface area contributed by atoms with Gasteiger partial charge in [-0.15, -0.1) is 0 Å². The van der Waals surface area contributed by atoms with Gasteiger partial charge in [0.25, 0.3) is 0 Å². The predicted octanol–water partition coefficient (Wildman–Crippen LogP) is 2.87. The average molecular weight is 359 g/mol. The predicted molar refractivity (Wildman–Crippen MR) is 108 cm³/mol. The van der Waals surface area contributed by atoms with E-state index in [-0.39, 0.29) is 11.6 Å². The van der Waals surface area contributed by atoms with Crippen LogP contribution in [0.2, 0.25) is 0 Å². The van der Waals surface area contributed by atoms with E-state index in [1.54, 1.807) is 0 Å². The van der Waals surface area contributed by atoms with Crippen LogP contribution in [0.25, 0.3) is 0 Å². The van der Waals surface area contributed by atoms with Crippen molar-refractivity contribution in [2.75, 3.05) is 39.9 Å². The first-order valence-corrected chi connectivity index (χ1v) is 10.0. The van der Waals surface area contributed by atoms with Crippen molar-refractivity contribution < 1.29 is 4.74 Å². The summed E-state index contributed by atoms with van der Waals surface area (Å²) in [7, 11) is 1.85. The number of likely N-dealkylation sites (tertiary alicyclic amines) is 1. The summed E-state index contributed by atoms with van der Waals surface area (Å²) in [5.74, 6) is 0.880. The van der Waals surface area contributed by atoms with Gasteiger partial charge in [-0.1, -0.05) is 24.3 Å². The summed E-state index contributed by atoms with van der Waals surface area (Å²) in [5.41, 5.74) is 2.83. The summed E-state index contributed by atoms with van der Waals surface area (Å²) in [4.78, 5) is 7.15. The van der Waals surface area contributed by atoms with Gasteiger partial charge >= 0.3 is 0 Å². The number of benzene rings is 1. The van der Waals surface area contributed by atoms with Crippen molar-refractivity contribution >= 4 is 5.96 Å². The van der Waals surface area contributed by atoms with Crippen LogP contribution in [-0.2, 0) is 4.74 Å². The number of aliphatic imine (C=N–C) groups is 1. The molecule has 1 atom stereocenters. The van der Waals surface area contributed by atoms with Crippen LogP contribution in [-0.4, -0.2) is 56.3 Å². The number of aryl methyl sites for hydroxylation is 1. The van der Waals surface area contributed by atoms with E-state index in [0.29, 0.717) is 0 Å². The van der Waals surface area contributed by atoms with Gasteiger partial charge in [-0.2, -0.15) is 0 Å². The van der Waals surface area contributed by atoms with E-state index in [2.05, 4.69) is 58.6 Å². The maximum Gasteiger partial charge on any atom is 0.191 e. The highest BCUT2D eigenvalue weighted by Crippen LogP contribution is 2.30. The Kier molecular flexibility index (Phi) is 6.54. The van der Waals surface area contributed by atoms with Crippen molar-refractivity contribution in [2.24, 2.45) is 4.99 Å². The second kappa shape index (κ2) is 8.87. The Morgan fingerprint density at radius 2 is 1.92 bits per heavy atom. The minimum absolute atomic E-state index is 0.207. The summed E-state index contributed by atoms with van der Waals surface area (Å²) in [6.45, 7) is 9.44. The highest BCUT2D eigenvalue weighted by Gasteiger charge is 2.39. The molecule has 0 spiro atoms. The Hall–Kier alpha value is -1.59. The number of ether oxygens (including phenoxy) is 1. The lowest BCUT2D eigenvalue weighted by molar-refractivity contribution is -0.0164. The monoisotopic (exact) mass is 358 g/mol. The van der Waals surface area contributed by atoms with Crippen molar-refractivity contribution in [3.63, 3.8) is 0 Å². The molecule has 144 valence electrons. The summed E-state index contributed by atoms with van der Waals surface area (Å²) >= 11 is 0. The molecular weight excluding hydrogens is 324 g/mol. The van der Waals surface area contributed by atoms with E-state index in [4.69, 9.17) is 4.74 Å². The first-order valence-electron chi connectivity index (χ1n) is 10.0. The Morgan fingerprint density at radius 3 is 2.58 bits per heavy atom. The molecule has 0 amide bonds. The molecule has 5 heteroatoms. The average Bonchev–Trinajstić information content (AvgIpc) is 3.21. The number of guanidine groups is 1. The molecule has 5 nitrogen and oxygen atoms in total. The highest BCUT2D eigenvalue weighted by atomic mass is 16.5. The maximum atomic E-state index is 5.65. The summed E-state index contributed by atoms with van der Waals surface area (Å²) in [6, 6.07) is 8.75. The zero-order chi connectivity index (χ0) is 18.4. The van der Waals surface area contributed by atoms with E-state index < -0.39 is 0 Å².